The van der Waals surface area contributed by atoms with Crippen LogP contribution in [0.15, 0.2) is 36.7 Å². The minimum Gasteiger partial charge on any atom is -0.322 e. The van der Waals surface area contributed by atoms with Crippen molar-refractivity contribution in [1.29, 1.82) is 0 Å². The quantitative estimate of drug-likeness (QED) is 0.601. The number of amides is 1. The maximum Gasteiger partial charge on any atom is 0.257 e. The number of pyridine rings is 1. The average Bonchev–Trinajstić information content (AvgIpc) is 2.42. The highest BCUT2D eigenvalue weighted by atomic mass is 35.5. The molecule has 1 amide bonds. The first-order valence-electron chi connectivity index (χ1n) is 5.29. The number of carbonyl (C=O) groups excluding carboxylic acids is 1. The highest BCUT2D eigenvalue weighted by Crippen LogP contribution is 2.26. The Balaban J connectivity index is 2.28. The van der Waals surface area contributed by atoms with Gasteiger partial charge in [0.05, 0.1) is 28.2 Å². The van der Waals surface area contributed by atoms with Gasteiger partial charge in [0.1, 0.15) is 0 Å². The third-order valence-corrected chi connectivity index (χ3v) is 2.96. The van der Waals surface area contributed by atoms with Crippen molar-refractivity contribution in [1.82, 2.24) is 4.98 Å². The predicted octanol–water partition coefficient (Wildman–Crippen LogP) is 2.93. The molecule has 0 bridgehead atoms. The van der Waals surface area contributed by atoms with E-state index in [9.17, 15) is 4.79 Å². The molecule has 0 saturated carbocycles. The summed E-state index contributed by atoms with van der Waals surface area (Å²) in [6.45, 7) is 0. The Morgan fingerprint density at radius 1 is 1.21 bits per heavy atom. The fourth-order valence-electron chi connectivity index (χ4n) is 1.49. The number of nitrogen functional groups attached to an aromatic ring is 1. The number of halogens is 2. The van der Waals surface area contributed by atoms with Gasteiger partial charge >= 0.3 is 0 Å². The summed E-state index contributed by atoms with van der Waals surface area (Å²) in [5, 5.41) is 3.54. The molecular formula is C12H10Cl2N4O. The van der Waals surface area contributed by atoms with E-state index in [4.69, 9.17) is 29.0 Å². The van der Waals surface area contributed by atoms with Gasteiger partial charge in [-0.2, -0.15) is 0 Å². The fourth-order valence-corrected chi connectivity index (χ4v) is 1.83. The van der Waals surface area contributed by atoms with E-state index in [0.29, 0.717) is 27.0 Å². The van der Waals surface area contributed by atoms with Crippen molar-refractivity contribution >= 4 is 40.5 Å². The Bertz CT molecular complexity index is 618. The standard InChI is InChI=1S/C12H10Cl2N4O/c13-7-1-2-9(14)10(5-7)17-12(19)8-3-4-16-6-11(8)18-15/h1-6,18H,15H2,(H,17,19). The molecule has 98 valence electrons. The van der Waals surface area contributed by atoms with Crippen LogP contribution in [0, 0.1) is 0 Å². The topological polar surface area (TPSA) is 80.0 Å². The van der Waals surface area contributed by atoms with E-state index in [1.165, 1.54) is 12.4 Å². The van der Waals surface area contributed by atoms with Gasteiger partial charge in [0, 0.05) is 11.2 Å². The van der Waals surface area contributed by atoms with Gasteiger partial charge in [0.15, 0.2) is 0 Å². The summed E-state index contributed by atoms with van der Waals surface area (Å²) >= 11 is 11.8. The molecule has 0 radical (unpaired) electrons. The van der Waals surface area contributed by atoms with Gasteiger partial charge in [-0.05, 0) is 24.3 Å². The zero-order chi connectivity index (χ0) is 13.8. The number of hydrazine groups is 1. The van der Waals surface area contributed by atoms with E-state index in [1.807, 2.05) is 0 Å². The fraction of sp³-hybridized carbons (Fsp3) is 0. The molecular weight excluding hydrogens is 287 g/mol. The number of hydrogen-bond acceptors (Lipinski definition) is 4. The Hall–Kier alpha value is -1.82. The lowest BCUT2D eigenvalue weighted by Gasteiger charge is -2.10. The van der Waals surface area contributed by atoms with Gasteiger partial charge < -0.3 is 10.7 Å². The van der Waals surface area contributed by atoms with Crippen molar-refractivity contribution in [2.24, 2.45) is 5.84 Å². The summed E-state index contributed by atoms with van der Waals surface area (Å²) in [4.78, 5) is 16.0. The van der Waals surface area contributed by atoms with Gasteiger partial charge in [0.25, 0.3) is 5.91 Å². The number of carbonyl (C=O) groups is 1. The summed E-state index contributed by atoms with van der Waals surface area (Å²) in [5.74, 6) is 4.96. The number of rotatable bonds is 3. The largest absolute Gasteiger partial charge is 0.322 e. The number of nitrogens with zero attached hydrogens (tertiary/aromatic N) is 1. The van der Waals surface area contributed by atoms with Crippen LogP contribution in [0.2, 0.25) is 10.0 Å². The van der Waals surface area contributed by atoms with Gasteiger partial charge in [-0.1, -0.05) is 23.2 Å². The Morgan fingerprint density at radius 2 is 2.00 bits per heavy atom. The summed E-state index contributed by atoms with van der Waals surface area (Å²) in [7, 11) is 0. The Kier molecular flexibility index (Phi) is 4.21. The second kappa shape index (κ2) is 5.88. The van der Waals surface area contributed by atoms with Crippen molar-refractivity contribution in [3.8, 4) is 0 Å². The predicted molar refractivity (Wildman–Crippen MR) is 76.5 cm³/mol. The molecule has 0 atom stereocenters. The lowest BCUT2D eigenvalue weighted by molar-refractivity contribution is 0.102. The number of hydrogen-bond donors (Lipinski definition) is 3. The second-order valence-corrected chi connectivity index (χ2v) is 4.49. The second-order valence-electron chi connectivity index (χ2n) is 3.64. The molecule has 1 heterocycles. The summed E-state index contributed by atoms with van der Waals surface area (Å²) in [5.41, 5.74) is 3.61. The summed E-state index contributed by atoms with van der Waals surface area (Å²) < 4.78 is 0. The maximum atomic E-state index is 12.1. The zero-order valence-corrected chi connectivity index (χ0v) is 11.2. The molecule has 0 spiro atoms. The van der Waals surface area contributed by atoms with Gasteiger partial charge in [-0.15, -0.1) is 0 Å². The van der Waals surface area contributed by atoms with Crippen molar-refractivity contribution in [3.05, 3.63) is 52.3 Å². The number of aromatic nitrogens is 1. The van der Waals surface area contributed by atoms with Crippen LogP contribution in [0.25, 0.3) is 0 Å². The minimum atomic E-state index is -0.362. The van der Waals surface area contributed by atoms with E-state index in [0.717, 1.165) is 0 Å². The zero-order valence-electron chi connectivity index (χ0n) is 9.65. The molecule has 0 fully saturated rings. The van der Waals surface area contributed by atoms with Crippen molar-refractivity contribution in [2.45, 2.75) is 0 Å². The highest BCUT2D eigenvalue weighted by molar-refractivity contribution is 6.36. The third-order valence-electron chi connectivity index (χ3n) is 2.40. The normalized spacial score (nSPS) is 10.1. The Labute approximate surface area is 119 Å². The number of benzene rings is 1. The minimum absolute atomic E-state index is 0.355. The van der Waals surface area contributed by atoms with Crippen LogP contribution in [-0.2, 0) is 0 Å². The molecule has 0 aliphatic carbocycles. The van der Waals surface area contributed by atoms with Crippen LogP contribution in [0.4, 0.5) is 11.4 Å². The van der Waals surface area contributed by atoms with Crippen molar-refractivity contribution in [3.63, 3.8) is 0 Å². The monoisotopic (exact) mass is 296 g/mol. The number of nitrogens with one attached hydrogen (secondary N) is 2. The Morgan fingerprint density at radius 3 is 2.74 bits per heavy atom. The summed E-state index contributed by atoms with van der Waals surface area (Å²) in [6.07, 6.45) is 2.95. The van der Waals surface area contributed by atoms with Crippen molar-refractivity contribution in [2.75, 3.05) is 10.7 Å². The molecule has 0 aliphatic rings. The lowest BCUT2D eigenvalue weighted by atomic mass is 10.2. The van der Waals surface area contributed by atoms with Gasteiger partial charge in [-0.25, -0.2) is 0 Å². The molecule has 1 aromatic carbocycles. The first-order chi connectivity index (χ1) is 9.11. The molecule has 0 aliphatic heterocycles. The molecule has 4 N–H and O–H groups in total. The van der Waals surface area contributed by atoms with Crippen LogP contribution < -0.4 is 16.6 Å². The molecule has 0 saturated heterocycles. The van der Waals surface area contributed by atoms with Crippen molar-refractivity contribution < 1.29 is 4.79 Å². The van der Waals surface area contributed by atoms with E-state index >= 15 is 0 Å². The van der Waals surface area contributed by atoms with Gasteiger partial charge in [-0.3, -0.25) is 15.6 Å². The first-order valence-corrected chi connectivity index (χ1v) is 6.04. The molecule has 5 nitrogen and oxygen atoms in total. The van der Waals surface area contributed by atoms with E-state index < -0.39 is 0 Å². The number of nitrogens with two attached hydrogens (primary N) is 1. The van der Waals surface area contributed by atoms with Crippen LogP contribution in [0.1, 0.15) is 10.4 Å². The molecule has 2 rings (SSSR count). The van der Waals surface area contributed by atoms with Crippen LogP contribution in [0.5, 0.6) is 0 Å². The van der Waals surface area contributed by atoms with E-state index in [-0.39, 0.29) is 5.91 Å². The van der Waals surface area contributed by atoms with E-state index in [2.05, 4.69) is 15.7 Å². The molecule has 19 heavy (non-hydrogen) atoms. The molecule has 1 aromatic heterocycles. The third kappa shape index (κ3) is 3.14. The molecule has 2 aromatic rings. The lowest BCUT2D eigenvalue weighted by Crippen LogP contribution is -2.17. The average molecular weight is 297 g/mol. The van der Waals surface area contributed by atoms with Crippen LogP contribution in [0.3, 0.4) is 0 Å². The summed E-state index contributed by atoms with van der Waals surface area (Å²) in [6, 6.07) is 6.36. The SMILES string of the molecule is NNc1cnccc1C(=O)Nc1cc(Cl)ccc1Cl. The number of anilines is 2. The van der Waals surface area contributed by atoms with E-state index in [1.54, 1.807) is 24.3 Å². The van der Waals surface area contributed by atoms with Crippen LogP contribution in [-0.4, -0.2) is 10.9 Å². The molecule has 0 unspecified atom stereocenters. The smallest absolute Gasteiger partial charge is 0.257 e. The first kappa shape index (κ1) is 13.6. The van der Waals surface area contributed by atoms with Gasteiger partial charge in [0.2, 0.25) is 0 Å². The van der Waals surface area contributed by atoms with Crippen LogP contribution >= 0.6 is 23.2 Å². The maximum absolute atomic E-state index is 12.1. The highest BCUT2D eigenvalue weighted by Gasteiger charge is 2.12. The molecule has 7 heteroatoms.